The van der Waals surface area contributed by atoms with Crippen molar-refractivity contribution >= 4 is 184 Å². The molecule has 0 radical (unpaired) electrons. The number of nitrogens with zero attached hydrogens (tertiary/aromatic N) is 14. The van der Waals surface area contributed by atoms with Gasteiger partial charge in [0.2, 0.25) is 0 Å². The molecule has 32 nitrogen and oxygen atoms in total. The van der Waals surface area contributed by atoms with E-state index in [2.05, 4.69) is 49.8 Å². The Balaban J connectivity index is 1.02. The summed E-state index contributed by atoms with van der Waals surface area (Å²) < 4.78 is 46.9. The summed E-state index contributed by atoms with van der Waals surface area (Å²) in [6.45, 7) is -0.991. The van der Waals surface area contributed by atoms with Crippen molar-refractivity contribution < 1.29 is 76.3 Å². The molecule has 2 N–H and O–H groups in total. The van der Waals surface area contributed by atoms with E-state index in [1.165, 1.54) is 290 Å². The van der Waals surface area contributed by atoms with Gasteiger partial charge in [-0.2, -0.15) is 0 Å². The molecule has 40 heteroatoms. The third-order valence-electron chi connectivity index (χ3n) is 16.1. The van der Waals surface area contributed by atoms with Crippen molar-refractivity contribution in [2.24, 2.45) is 0 Å². The highest BCUT2D eigenvalue weighted by molar-refractivity contribution is 8.14. The standard InChI is InChI=1S/C80H66N16O16S8/c97-73(49-1-17-81-18-2-49)105-33-41-113-57-58(114-42-34-106-74(98)50-3-19-82-20-4-50)66-89-65(57)93-67-59(115-43-35-107-75(99)51-5-21-83-22-6-51)60(116-44-36-108-76(100)52-7-23-84-24-8-52)69(90-67)95-71-63(119-47-39-111-79(103)55-13-29-87-30-14-55)64(120-48-40-112-80(104)56-15-31-88-32-16-56)72(92-71)96-70-62(118-46-38-110-78(102)54-11-27-86-28-12-54)61(68(91-70)94-66)117-45-37-109-77(101)53-9-25-85-26-10-53/h1-32H,33-48H2,(H2,89,90,91,92,93,94,95,96). The van der Waals surface area contributed by atoms with E-state index in [1.54, 1.807) is 0 Å². The summed E-state index contributed by atoms with van der Waals surface area (Å²) in [5.74, 6) is -3.57. The molecule has 0 saturated carbocycles. The lowest BCUT2D eigenvalue weighted by molar-refractivity contribution is 0.0520. The molecule has 2 aliphatic rings. The Labute approximate surface area is 717 Å². The molecular weight excluding hydrogens is 1700 g/mol. The molecule has 0 saturated heterocycles. The van der Waals surface area contributed by atoms with E-state index in [-0.39, 0.29) is 189 Å². The van der Waals surface area contributed by atoms with Crippen molar-refractivity contribution in [2.75, 3.05) is 98.9 Å². The molecule has 13 heterocycles. The smallest absolute Gasteiger partial charge is 0.338 e. The fraction of sp³-hybridized carbons (Fsp3) is 0.200. The van der Waals surface area contributed by atoms with Gasteiger partial charge in [0.25, 0.3) is 0 Å². The zero-order valence-electron chi connectivity index (χ0n) is 62.8. The second kappa shape index (κ2) is 44.8. The van der Waals surface area contributed by atoms with Crippen LogP contribution in [0.1, 0.15) is 106 Å². The van der Waals surface area contributed by atoms with Gasteiger partial charge in [-0.3, -0.25) is 39.9 Å². The van der Waals surface area contributed by atoms with Crippen molar-refractivity contribution in [3.05, 3.63) is 264 Å². The number of esters is 8. The summed E-state index contributed by atoms with van der Waals surface area (Å²) in [5, 5.41) is 0. The number of H-pyrrole nitrogens is 2. The molecule has 0 aliphatic carbocycles. The second-order valence-electron chi connectivity index (χ2n) is 24.0. The molecular formula is C80H66N16O16S8. The maximum absolute atomic E-state index is 13.6. The summed E-state index contributed by atoms with van der Waals surface area (Å²) in [6.07, 6.45) is 23.6. The highest BCUT2D eigenvalue weighted by atomic mass is 32.2. The fourth-order valence-corrected chi connectivity index (χ4v) is 18.6. The van der Waals surface area contributed by atoms with Crippen LogP contribution in [0, 0.1) is 0 Å². The molecule has 11 aromatic heterocycles. The van der Waals surface area contributed by atoms with Crippen molar-refractivity contribution in [1.29, 1.82) is 0 Å². The van der Waals surface area contributed by atoms with E-state index < -0.39 is 47.8 Å². The number of thioether (sulfide) groups is 8. The molecule has 2 aliphatic heterocycles. The van der Waals surface area contributed by atoms with E-state index in [4.69, 9.17) is 67.8 Å². The minimum Gasteiger partial charge on any atom is -0.461 e. The maximum atomic E-state index is 13.6. The van der Waals surface area contributed by atoms with E-state index in [0.717, 1.165) is 0 Å². The van der Waals surface area contributed by atoms with Crippen molar-refractivity contribution in [3.63, 3.8) is 0 Å². The number of pyridine rings is 8. The summed E-state index contributed by atoms with van der Waals surface area (Å²) in [7, 11) is 0. The van der Waals surface area contributed by atoms with E-state index in [0.29, 0.717) is 39.2 Å². The number of nitrogens with one attached hydrogen (secondary N) is 2. The average molecular weight is 1760 g/mol. The summed E-state index contributed by atoms with van der Waals surface area (Å²) >= 11 is 9.96. The molecule has 8 bridgehead atoms. The molecule has 13 rings (SSSR count). The molecule has 0 atom stereocenters. The maximum Gasteiger partial charge on any atom is 0.338 e. The fourth-order valence-electron chi connectivity index (χ4n) is 10.6. The minimum atomic E-state index is -0.605. The molecule has 11 aromatic rings. The van der Waals surface area contributed by atoms with Crippen LogP contribution in [0.3, 0.4) is 0 Å². The Kier molecular flexibility index (Phi) is 32.1. The predicted molar refractivity (Wildman–Crippen MR) is 455 cm³/mol. The largest absolute Gasteiger partial charge is 0.461 e. The lowest BCUT2D eigenvalue weighted by Crippen LogP contribution is -2.08. The topological polar surface area (TPSA) is 422 Å². The quantitative estimate of drug-likeness (QED) is 0.0156. The lowest BCUT2D eigenvalue weighted by atomic mass is 10.3. The van der Waals surface area contributed by atoms with Gasteiger partial charge in [0.1, 0.15) is 75.4 Å². The van der Waals surface area contributed by atoms with Gasteiger partial charge < -0.3 is 47.9 Å². The Morgan fingerprint density at radius 1 is 0.208 bits per heavy atom. The van der Waals surface area contributed by atoms with Gasteiger partial charge in [0.15, 0.2) is 23.3 Å². The number of hydrogen-bond acceptors (Lipinski definition) is 38. The van der Waals surface area contributed by atoms with Gasteiger partial charge in [0, 0.05) is 145 Å². The number of carbonyl (C=O) groups excluding carboxylic acids is 8. The van der Waals surface area contributed by atoms with Crippen LogP contribution in [0.5, 0.6) is 0 Å². The number of aromatic amines is 2. The lowest BCUT2D eigenvalue weighted by Gasteiger charge is -2.09. The molecule has 0 unspecified atom stereocenters. The van der Waals surface area contributed by atoms with E-state index >= 15 is 0 Å². The Bertz CT molecular complexity index is 5000. The number of ether oxygens (including phenoxy) is 8. The van der Waals surface area contributed by atoms with Crippen LogP contribution >= 0.6 is 94.1 Å². The number of rotatable bonds is 40. The summed E-state index contributed by atoms with van der Waals surface area (Å²) in [4.78, 5) is 184. The zero-order valence-corrected chi connectivity index (χ0v) is 69.4. The molecule has 0 spiro atoms. The summed E-state index contributed by atoms with van der Waals surface area (Å²) in [6, 6.07) is 24.5. The Hall–Kier alpha value is -11.9. The van der Waals surface area contributed by atoms with Gasteiger partial charge >= 0.3 is 47.8 Å². The van der Waals surface area contributed by atoms with Crippen LogP contribution < -0.4 is 0 Å². The van der Waals surface area contributed by atoms with Crippen LogP contribution in [0.4, 0.5) is 0 Å². The van der Waals surface area contributed by atoms with Crippen LogP contribution in [-0.4, -0.2) is 226 Å². The van der Waals surface area contributed by atoms with Crippen LogP contribution in [0.15, 0.2) is 216 Å². The van der Waals surface area contributed by atoms with Gasteiger partial charge in [-0.15, -0.1) is 94.1 Å². The Morgan fingerprint density at radius 3 is 0.500 bits per heavy atom. The highest BCUT2D eigenvalue weighted by Gasteiger charge is 2.31. The monoisotopic (exact) mass is 1760 g/mol. The van der Waals surface area contributed by atoms with Crippen LogP contribution in [0.25, 0.3) is 42.2 Å². The van der Waals surface area contributed by atoms with Crippen LogP contribution in [0.2, 0.25) is 0 Å². The van der Waals surface area contributed by atoms with Gasteiger partial charge in [-0.25, -0.2) is 68.3 Å². The molecule has 0 amide bonds. The first-order valence-electron chi connectivity index (χ1n) is 36.3. The SMILES string of the molecule is O=C(OCCSC1=C(SCCOC(=O)c2ccncc2)c2nc1nc1[nH]c(nc3nc(nc4[nH]c(n2)c(SCCOC(=O)c2ccncc2)c4SCCOC(=O)c2ccncc2)C(SCCOC(=O)c2ccncc2)=C3SCCOC(=O)c2ccncc2)c(SCCOC(=O)c2ccncc2)c1SCCOC(=O)c1ccncc1)c1ccncc1. The minimum absolute atomic E-state index is 0.0816. The number of fused-ring (bicyclic) bond motifs is 8. The average Bonchev–Trinajstić information content (AvgIpc) is 1.61. The van der Waals surface area contributed by atoms with Crippen molar-refractivity contribution in [1.82, 2.24) is 79.7 Å². The molecule has 0 fully saturated rings. The van der Waals surface area contributed by atoms with Crippen molar-refractivity contribution in [3.8, 4) is 0 Å². The normalized spacial score (nSPS) is 11.7. The molecule has 610 valence electrons. The van der Waals surface area contributed by atoms with Crippen LogP contribution in [-0.2, 0) is 37.9 Å². The molecule has 120 heavy (non-hydrogen) atoms. The number of aromatic nitrogens is 16. The summed E-state index contributed by atoms with van der Waals surface area (Å²) in [5.41, 5.74) is 2.84. The predicted octanol–water partition coefficient (Wildman–Crippen LogP) is 12.9. The highest BCUT2D eigenvalue weighted by Crippen LogP contribution is 2.47. The zero-order chi connectivity index (χ0) is 83.0. The van der Waals surface area contributed by atoms with E-state index in [9.17, 15) is 38.4 Å². The van der Waals surface area contributed by atoms with Gasteiger partial charge in [0.05, 0.1) is 83.7 Å². The first kappa shape index (κ1) is 85.9. The number of carbonyl (C=O) groups is 8. The third-order valence-corrected chi connectivity index (χ3v) is 25.0. The van der Waals surface area contributed by atoms with Gasteiger partial charge in [-0.05, 0) is 97.1 Å². The Morgan fingerprint density at radius 2 is 0.350 bits per heavy atom. The first-order chi connectivity index (χ1) is 58.9. The second-order valence-corrected chi connectivity index (χ2v) is 32.8. The van der Waals surface area contributed by atoms with Gasteiger partial charge in [-0.1, -0.05) is 0 Å². The van der Waals surface area contributed by atoms with E-state index in [1.807, 2.05) is 0 Å². The number of hydrogen-bond donors (Lipinski definition) is 2. The van der Waals surface area contributed by atoms with Crippen molar-refractivity contribution in [2.45, 2.75) is 19.6 Å². The molecule has 0 aromatic carbocycles. The first-order valence-corrected chi connectivity index (χ1v) is 44.2. The third kappa shape index (κ3) is 24.2.